The van der Waals surface area contributed by atoms with Gasteiger partial charge in [-0.05, 0) is 30.5 Å². The molecule has 1 fully saturated rings. The van der Waals surface area contributed by atoms with E-state index in [1.54, 1.807) is 6.07 Å². The molecule has 1 aromatic rings. The van der Waals surface area contributed by atoms with Gasteiger partial charge in [0.1, 0.15) is 6.61 Å². The highest BCUT2D eigenvalue weighted by Crippen LogP contribution is 2.39. The molecule has 0 aliphatic heterocycles. The molecule has 0 unspecified atom stereocenters. The lowest BCUT2D eigenvalue weighted by molar-refractivity contribution is 0.306. The third kappa shape index (κ3) is 3.40. The Morgan fingerprint density at radius 1 is 1.50 bits per heavy atom. The summed E-state index contributed by atoms with van der Waals surface area (Å²) < 4.78 is 26.3. The fourth-order valence-electron chi connectivity index (χ4n) is 1.31. The van der Waals surface area contributed by atoms with Gasteiger partial charge in [0.05, 0.1) is 11.9 Å². The van der Waals surface area contributed by atoms with Crippen molar-refractivity contribution >= 4 is 21.7 Å². The summed E-state index contributed by atoms with van der Waals surface area (Å²) >= 11 is 5.74. The number of rotatable bonds is 4. The van der Waals surface area contributed by atoms with Gasteiger partial charge in [0.25, 0.3) is 10.1 Å². The topological polar surface area (TPSA) is 69.2 Å². The molecule has 0 atom stereocenters. The number of aromatic nitrogens is 2. The first kappa shape index (κ1) is 11.8. The third-order valence-electron chi connectivity index (χ3n) is 2.19. The van der Waals surface area contributed by atoms with Crippen molar-refractivity contribution in [2.45, 2.75) is 25.4 Å². The van der Waals surface area contributed by atoms with Crippen LogP contribution in [0.1, 0.15) is 30.1 Å². The second kappa shape index (κ2) is 4.27. The maximum Gasteiger partial charge on any atom is 0.264 e. The summed E-state index contributed by atoms with van der Waals surface area (Å²) in [6, 6.07) is 1.74. The summed E-state index contributed by atoms with van der Waals surface area (Å²) in [5.74, 6) is 0.442. The molecule has 1 saturated carbocycles. The summed E-state index contributed by atoms with van der Waals surface area (Å²) in [6.45, 7) is -0.0964. The van der Waals surface area contributed by atoms with Gasteiger partial charge in [-0.3, -0.25) is 4.18 Å². The van der Waals surface area contributed by atoms with Gasteiger partial charge in [-0.25, -0.2) is 9.97 Å². The fraction of sp³-hybridized carbons (Fsp3) is 0.556. The highest BCUT2D eigenvalue weighted by Gasteiger charge is 2.26. The Bertz CT molecular complexity index is 499. The summed E-state index contributed by atoms with van der Waals surface area (Å²) in [7, 11) is -3.46. The zero-order chi connectivity index (χ0) is 11.8. The molecule has 0 amide bonds. The number of hydrogen-bond donors (Lipinski definition) is 0. The Kier molecular flexibility index (Phi) is 3.14. The molecule has 1 aliphatic carbocycles. The Balaban J connectivity index is 2.14. The molecule has 0 bridgehead atoms. The first-order valence-corrected chi connectivity index (χ1v) is 7.01. The zero-order valence-electron chi connectivity index (χ0n) is 8.68. The van der Waals surface area contributed by atoms with Gasteiger partial charge in [0.2, 0.25) is 5.28 Å². The minimum Gasteiger partial charge on any atom is -0.264 e. The number of nitrogens with zero attached hydrogens (tertiary/aromatic N) is 2. The van der Waals surface area contributed by atoms with E-state index in [1.165, 1.54) is 0 Å². The van der Waals surface area contributed by atoms with E-state index in [1.807, 2.05) is 0 Å². The summed E-state index contributed by atoms with van der Waals surface area (Å²) in [5.41, 5.74) is 1.36. The highest BCUT2D eigenvalue weighted by molar-refractivity contribution is 7.85. The van der Waals surface area contributed by atoms with Crippen LogP contribution in [0.2, 0.25) is 5.28 Å². The SMILES string of the molecule is CS(=O)(=O)OCc1cc(C2CC2)nc(Cl)n1. The quantitative estimate of drug-likeness (QED) is 0.607. The standard InChI is InChI=1S/C9H11ClN2O3S/c1-16(13,14)15-5-7-4-8(6-2-3-6)12-9(10)11-7/h4,6H,2-3,5H2,1H3. The molecule has 1 aromatic heterocycles. The molecular formula is C9H11ClN2O3S. The van der Waals surface area contributed by atoms with E-state index in [9.17, 15) is 8.42 Å². The van der Waals surface area contributed by atoms with E-state index < -0.39 is 10.1 Å². The second-order valence-electron chi connectivity index (χ2n) is 3.79. The van der Waals surface area contributed by atoms with Crippen LogP contribution in [0.5, 0.6) is 0 Å². The molecule has 1 aliphatic rings. The number of halogens is 1. The van der Waals surface area contributed by atoms with Crippen LogP contribution in [0.25, 0.3) is 0 Å². The number of hydrogen-bond acceptors (Lipinski definition) is 5. The molecule has 2 rings (SSSR count). The molecule has 5 nitrogen and oxygen atoms in total. The van der Waals surface area contributed by atoms with Gasteiger partial charge in [0, 0.05) is 11.6 Å². The minimum absolute atomic E-state index is 0.0964. The van der Waals surface area contributed by atoms with Crippen LogP contribution in [0.4, 0.5) is 0 Å². The maximum absolute atomic E-state index is 10.8. The lowest BCUT2D eigenvalue weighted by Gasteiger charge is -2.04. The molecule has 0 radical (unpaired) electrons. The van der Waals surface area contributed by atoms with E-state index in [2.05, 4.69) is 14.2 Å². The van der Waals surface area contributed by atoms with Crippen LogP contribution in [0.15, 0.2) is 6.07 Å². The van der Waals surface area contributed by atoms with Crippen molar-refractivity contribution in [3.05, 3.63) is 22.7 Å². The average Bonchev–Trinajstić information content (AvgIpc) is 2.95. The van der Waals surface area contributed by atoms with Crippen molar-refractivity contribution in [3.63, 3.8) is 0 Å². The first-order chi connectivity index (χ1) is 7.44. The van der Waals surface area contributed by atoms with Crippen molar-refractivity contribution < 1.29 is 12.6 Å². The smallest absolute Gasteiger partial charge is 0.264 e. The van der Waals surface area contributed by atoms with Gasteiger partial charge in [-0.15, -0.1) is 0 Å². The van der Waals surface area contributed by atoms with E-state index in [0.717, 1.165) is 24.8 Å². The Hall–Kier alpha value is -0.720. The van der Waals surface area contributed by atoms with Crippen LogP contribution < -0.4 is 0 Å². The first-order valence-electron chi connectivity index (χ1n) is 4.82. The molecule has 16 heavy (non-hydrogen) atoms. The summed E-state index contributed by atoms with van der Waals surface area (Å²) in [6.07, 6.45) is 3.19. The lowest BCUT2D eigenvalue weighted by atomic mass is 10.2. The fourth-order valence-corrected chi connectivity index (χ4v) is 1.86. The molecular weight excluding hydrogens is 252 g/mol. The van der Waals surface area contributed by atoms with Crippen molar-refractivity contribution in [2.75, 3.05) is 6.26 Å². The second-order valence-corrected chi connectivity index (χ2v) is 5.78. The van der Waals surface area contributed by atoms with Crippen molar-refractivity contribution in [1.82, 2.24) is 9.97 Å². The van der Waals surface area contributed by atoms with Crippen LogP contribution in [-0.2, 0) is 20.9 Å². The Morgan fingerprint density at radius 3 is 2.75 bits per heavy atom. The normalized spacial score (nSPS) is 16.4. The Labute approximate surface area is 98.9 Å². The van der Waals surface area contributed by atoms with Gasteiger partial charge >= 0.3 is 0 Å². The Morgan fingerprint density at radius 2 is 2.19 bits per heavy atom. The van der Waals surface area contributed by atoms with Crippen LogP contribution in [0.3, 0.4) is 0 Å². The van der Waals surface area contributed by atoms with Gasteiger partial charge in [0.15, 0.2) is 0 Å². The lowest BCUT2D eigenvalue weighted by Crippen LogP contribution is -2.05. The summed E-state index contributed by atoms with van der Waals surface area (Å²) in [5, 5.41) is 0.136. The largest absolute Gasteiger partial charge is 0.264 e. The van der Waals surface area contributed by atoms with E-state index in [0.29, 0.717) is 11.6 Å². The average molecular weight is 263 g/mol. The van der Waals surface area contributed by atoms with E-state index in [4.69, 9.17) is 11.6 Å². The summed E-state index contributed by atoms with van der Waals surface area (Å²) in [4.78, 5) is 8.00. The van der Waals surface area contributed by atoms with E-state index >= 15 is 0 Å². The molecule has 7 heteroatoms. The molecule has 1 heterocycles. The molecule has 0 N–H and O–H groups in total. The van der Waals surface area contributed by atoms with Gasteiger partial charge < -0.3 is 0 Å². The maximum atomic E-state index is 10.8. The minimum atomic E-state index is -3.46. The molecule has 0 spiro atoms. The predicted octanol–water partition coefficient (Wildman–Crippen LogP) is 1.48. The molecule has 0 aromatic carbocycles. The van der Waals surface area contributed by atoms with Gasteiger partial charge in [-0.1, -0.05) is 0 Å². The van der Waals surface area contributed by atoms with Crippen molar-refractivity contribution in [1.29, 1.82) is 0 Å². The van der Waals surface area contributed by atoms with Crippen LogP contribution in [-0.4, -0.2) is 24.6 Å². The van der Waals surface area contributed by atoms with Crippen molar-refractivity contribution in [2.24, 2.45) is 0 Å². The van der Waals surface area contributed by atoms with Crippen LogP contribution in [0, 0.1) is 0 Å². The van der Waals surface area contributed by atoms with Crippen molar-refractivity contribution in [3.8, 4) is 0 Å². The zero-order valence-corrected chi connectivity index (χ0v) is 10.3. The van der Waals surface area contributed by atoms with E-state index in [-0.39, 0.29) is 11.9 Å². The predicted molar refractivity (Wildman–Crippen MR) is 58.6 cm³/mol. The third-order valence-corrected chi connectivity index (χ3v) is 2.90. The molecule has 88 valence electrons. The molecule has 0 saturated heterocycles. The monoisotopic (exact) mass is 262 g/mol. The highest BCUT2D eigenvalue weighted by atomic mass is 35.5. The van der Waals surface area contributed by atoms with Gasteiger partial charge in [-0.2, -0.15) is 8.42 Å². The van der Waals surface area contributed by atoms with Crippen LogP contribution >= 0.6 is 11.6 Å².